The molecule has 0 aliphatic carbocycles. The molecule has 0 aliphatic heterocycles. The van der Waals surface area contributed by atoms with Gasteiger partial charge in [-0.25, -0.2) is 0 Å². The second-order valence-electron chi connectivity index (χ2n) is 2.43. The minimum atomic E-state index is 0.0472. The third kappa shape index (κ3) is 5.87. The van der Waals surface area contributed by atoms with Gasteiger partial charge in [0, 0.05) is 5.03 Å². The van der Waals surface area contributed by atoms with Crippen LogP contribution >= 0.6 is 11.6 Å². The summed E-state index contributed by atoms with van der Waals surface area (Å²) in [4.78, 5) is 0. The molecule has 0 saturated heterocycles. The number of aliphatic hydroxyl groups excluding tert-OH is 1. The Bertz CT molecular complexity index is 97.1. The molecule has 1 nitrogen and oxygen atoms in total. The molecule has 1 N–H and O–H groups in total. The molecule has 0 aromatic carbocycles. The fourth-order valence-electron chi connectivity index (χ4n) is 0.572. The highest BCUT2D eigenvalue weighted by atomic mass is 35.5. The number of hydrogen-bond acceptors (Lipinski definition) is 1. The second kappa shape index (κ2) is 4.83. The lowest BCUT2D eigenvalue weighted by atomic mass is 10.1. The summed E-state index contributed by atoms with van der Waals surface area (Å²) in [5, 5.41) is 9.15. The van der Waals surface area contributed by atoms with Gasteiger partial charge in [0.15, 0.2) is 0 Å². The Hall–Kier alpha value is -0.0100. The van der Waals surface area contributed by atoms with E-state index in [1.807, 2.05) is 0 Å². The molecule has 0 aromatic heterocycles. The first kappa shape index (κ1) is 8.99. The van der Waals surface area contributed by atoms with Crippen molar-refractivity contribution in [3.05, 3.63) is 11.1 Å². The summed E-state index contributed by atoms with van der Waals surface area (Å²) >= 11 is 5.68. The van der Waals surface area contributed by atoms with Gasteiger partial charge in [0.1, 0.15) is 0 Å². The largest absolute Gasteiger partial charge is 0.392 e. The van der Waals surface area contributed by atoms with Gasteiger partial charge in [-0.1, -0.05) is 25.4 Å². The van der Waals surface area contributed by atoms with E-state index >= 15 is 0 Å². The van der Waals surface area contributed by atoms with Crippen LogP contribution in [0.5, 0.6) is 0 Å². The molecule has 0 saturated carbocycles. The van der Waals surface area contributed by atoms with E-state index in [9.17, 15) is 0 Å². The number of halogens is 1. The summed E-state index contributed by atoms with van der Waals surface area (Å²) in [5.41, 5.74) is 0. The standard InChI is InChI=1S/C7H13ClO/c1-6(2)5-7(8)3-4-9/h3,6,9H,4-5H2,1-2H3/b7-3-. The Morgan fingerprint density at radius 1 is 1.67 bits per heavy atom. The van der Waals surface area contributed by atoms with Crippen molar-refractivity contribution in [3.63, 3.8) is 0 Å². The molecular weight excluding hydrogens is 136 g/mol. The van der Waals surface area contributed by atoms with E-state index in [0.29, 0.717) is 5.92 Å². The summed E-state index contributed by atoms with van der Waals surface area (Å²) in [6.07, 6.45) is 2.49. The van der Waals surface area contributed by atoms with Crippen molar-refractivity contribution >= 4 is 11.6 Å². The predicted molar refractivity (Wildman–Crippen MR) is 40.5 cm³/mol. The van der Waals surface area contributed by atoms with Gasteiger partial charge in [0.2, 0.25) is 0 Å². The molecule has 0 spiro atoms. The zero-order chi connectivity index (χ0) is 7.28. The van der Waals surface area contributed by atoms with E-state index in [1.54, 1.807) is 6.08 Å². The van der Waals surface area contributed by atoms with Crippen molar-refractivity contribution in [2.24, 2.45) is 5.92 Å². The van der Waals surface area contributed by atoms with Crippen LogP contribution in [-0.4, -0.2) is 11.7 Å². The maximum atomic E-state index is 8.39. The molecule has 0 atom stereocenters. The summed E-state index contributed by atoms with van der Waals surface area (Å²) < 4.78 is 0. The molecule has 0 bridgehead atoms. The molecule has 0 aliphatic rings. The topological polar surface area (TPSA) is 20.2 Å². The van der Waals surface area contributed by atoms with Crippen LogP contribution in [0.25, 0.3) is 0 Å². The number of rotatable bonds is 3. The van der Waals surface area contributed by atoms with Crippen LogP contribution in [0.2, 0.25) is 0 Å². The number of hydrogen-bond donors (Lipinski definition) is 1. The SMILES string of the molecule is CC(C)C/C(Cl)=C/CO. The number of allylic oxidation sites excluding steroid dienone is 1. The van der Waals surface area contributed by atoms with Gasteiger partial charge >= 0.3 is 0 Å². The highest BCUT2D eigenvalue weighted by Crippen LogP contribution is 2.13. The lowest BCUT2D eigenvalue weighted by Gasteiger charge is -2.00. The summed E-state index contributed by atoms with van der Waals surface area (Å²) in [6, 6.07) is 0. The van der Waals surface area contributed by atoms with E-state index in [2.05, 4.69) is 13.8 Å². The van der Waals surface area contributed by atoms with Crippen molar-refractivity contribution in [2.75, 3.05) is 6.61 Å². The first-order valence-corrected chi connectivity index (χ1v) is 3.50. The molecule has 2 heteroatoms. The van der Waals surface area contributed by atoms with Gasteiger partial charge in [0.05, 0.1) is 6.61 Å². The molecule has 0 radical (unpaired) electrons. The van der Waals surface area contributed by atoms with E-state index in [-0.39, 0.29) is 6.61 Å². The fourth-order valence-corrected chi connectivity index (χ4v) is 0.950. The quantitative estimate of drug-likeness (QED) is 0.651. The predicted octanol–water partition coefficient (Wildman–Crippen LogP) is 2.15. The average molecular weight is 149 g/mol. The smallest absolute Gasteiger partial charge is 0.0626 e. The van der Waals surface area contributed by atoms with Gasteiger partial charge in [-0.3, -0.25) is 0 Å². The normalized spacial score (nSPS) is 12.8. The van der Waals surface area contributed by atoms with Gasteiger partial charge in [-0.15, -0.1) is 0 Å². The summed E-state index contributed by atoms with van der Waals surface area (Å²) in [5.74, 6) is 0.570. The van der Waals surface area contributed by atoms with Crippen LogP contribution in [0.4, 0.5) is 0 Å². The molecule has 0 aromatic rings. The summed E-state index contributed by atoms with van der Waals surface area (Å²) in [6.45, 7) is 4.23. The Morgan fingerprint density at radius 2 is 2.22 bits per heavy atom. The fraction of sp³-hybridized carbons (Fsp3) is 0.714. The third-order valence-electron chi connectivity index (χ3n) is 0.916. The highest BCUT2D eigenvalue weighted by molar-refractivity contribution is 6.29. The molecule has 0 amide bonds. The number of aliphatic hydroxyl groups is 1. The van der Waals surface area contributed by atoms with E-state index in [1.165, 1.54) is 0 Å². The minimum Gasteiger partial charge on any atom is -0.392 e. The zero-order valence-electron chi connectivity index (χ0n) is 5.89. The van der Waals surface area contributed by atoms with Crippen molar-refractivity contribution in [1.29, 1.82) is 0 Å². The van der Waals surface area contributed by atoms with Crippen LogP contribution in [0.15, 0.2) is 11.1 Å². The molecule has 0 fully saturated rings. The average Bonchev–Trinajstić information content (AvgIpc) is 1.63. The van der Waals surface area contributed by atoms with Gasteiger partial charge in [-0.2, -0.15) is 0 Å². The molecule has 0 rings (SSSR count). The van der Waals surface area contributed by atoms with Gasteiger partial charge in [-0.05, 0) is 18.4 Å². The van der Waals surface area contributed by atoms with Crippen LogP contribution in [0.3, 0.4) is 0 Å². The summed E-state index contributed by atoms with van der Waals surface area (Å²) in [7, 11) is 0. The maximum Gasteiger partial charge on any atom is 0.0626 e. The van der Waals surface area contributed by atoms with Crippen LogP contribution in [0.1, 0.15) is 20.3 Å². The van der Waals surface area contributed by atoms with Crippen molar-refractivity contribution < 1.29 is 5.11 Å². The van der Waals surface area contributed by atoms with Gasteiger partial charge < -0.3 is 5.11 Å². The van der Waals surface area contributed by atoms with Crippen LogP contribution in [-0.2, 0) is 0 Å². The van der Waals surface area contributed by atoms with E-state index < -0.39 is 0 Å². The van der Waals surface area contributed by atoms with Crippen molar-refractivity contribution in [2.45, 2.75) is 20.3 Å². The lowest BCUT2D eigenvalue weighted by molar-refractivity contribution is 0.342. The van der Waals surface area contributed by atoms with Crippen LogP contribution in [0, 0.1) is 5.92 Å². The molecular formula is C7H13ClO. The Labute approximate surface area is 61.3 Å². The Kier molecular flexibility index (Phi) is 4.83. The van der Waals surface area contributed by atoms with E-state index in [0.717, 1.165) is 11.5 Å². The molecule has 54 valence electrons. The molecule has 9 heavy (non-hydrogen) atoms. The Morgan fingerprint density at radius 3 is 2.56 bits per heavy atom. The lowest BCUT2D eigenvalue weighted by Crippen LogP contribution is -1.87. The van der Waals surface area contributed by atoms with Crippen LogP contribution < -0.4 is 0 Å². The Balaban J connectivity index is 3.49. The van der Waals surface area contributed by atoms with Crippen molar-refractivity contribution in [1.82, 2.24) is 0 Å². The monoisotopic (exact) mass is 148 g/mol. The van der Waals surface area contributed by atoms with Crippen molar-refractivity contribution in [3.8, 4) is 0 Å². The first-order valence-electron chi connectivity index (χ1n) is 3.12. The molecule has 0 unspecified atom stereocenters. The highest BCUT2D eigenvalue weighted by Gasteiger charge is 1.95. The van der Waals surface area contributed by atoms with E-state index in [4.69, 9.17) is 16.7 Å². The third-order valence-corrected chi connectivity index (χ3v) is 1.22. The maximum absolute atomic E-state index is 8.39. The second-order valence-corrected chi connectivity index (χ2v) is 2.92. The van der Waals surface area contributed by atoms with Gasteiger partial charge in [0.25, 0.3) is 0 Å². The zero-order valence-corrected chi connectivity index (χ0v) is 6.65. The molecule has 0 heterocycles. The minimum absolute atomic E-state index is 0.0472. The first-order chi connectivity index (χ1) is 4.16.